The molecule has 2 aromatic heterocycles. The van der Waals surface area contributed by atoms with E-state index in [1.54, 1.807) is 0 Å². The summed E-state index contributed by atoms with van der Waals surface area (Å²) in [6, 6.07) is 24.1. The molecule has 0 saturated carbocycles. The number of hydrogen-bond donors (Lipinski definition) is 0. The molecular formula is C20H13N. The van der Waals surface area contributed by atoms with Crippen LogP contribution in [0.15, 0.2) is 79.1 Å². The van der Waals surface area contributed by atoms with Crippen LogP contribution in [0.3, 0.4) is 0 Å². The van der Waals surface area contributed by atoms with Crippen LogP contribution >= 0.6 is 0 Å². The number of nitrogens with zero attached hydrogens (tertiary/aromatic N) is 1. The van der Waals surface area contributed by atoms with Gasteiger partial charge in [-0.15, -0.1) is 0 Å². The van der Waals surface area contributed by atoms with Crippen molar-refractivity contribution in [1.82, 2.24) is 4.40 Å². The summed E-state index contributed by atoms with van der Waals surface area (Å²) in [4.78, 5) is 0. The topological polar surface area (TPSA) is 4.41 Å². The van der Waals surface area contributed by atoms with Crippen molar-refractivity contribution in [3.8, 4) is 0 Å². The maximum atomic E-state index is 2.26. The molecule has 0 aliphatic rings. The summed E-state index contributed by atoms with van der Waals surface area (Å²) in [6.45, 7) is 0. The highest BCUT2D eigenvalue weighted by Gasteiger charge is 2.06. The fourth-order valence-electron chi connectivity index (χ4n) is 3.42. The van der Waals surface area contributed by atoms with E-state index < -0.39 is 0 Å². The summed E-state index contributed by atoms with van der Waals surface area (Å²) >= 11 is 0. The van der Waals surface area contributed by atoms with Gasteiger partial charge in [0, 0.05) is 17.8 Å². The maximum Gasteiger partial charge on any atom is 0.0528 e. The number of rotatable bonds is 0. The first-order valence-corrected chi connectivity index (χ1v) is 7.22. The second-order valence-electron chi connectivity index (χ2n) is 5.53. The van der Waals surface area contributed by atoms with Gasteiger partial charge in [0.05, 0.1) is 5.52 Å². The predicted octanol–water partition coefficient (Wildman–Crippen LogP) is 5.40. The molecule has 5 aromatic rings. The minimum Gasteiger partial charge on any atom is -0.323 e. The molecule has 0 bridgehead atoms. The number of fused-ring (bicyclic) bond motifs is 7. The Balaban J connectivity index is 2.07. The summed E-state index contributed by atoms with van der Waals surface area (Å²) in [7, 11) is 0. The second-order valence-corrected chi connectivity index (χ2v) is 5.53. The summed E-state index contributed by atoms with van der Waals surface area (Å²) in [5.41, 5.74) is 1.27. The van der Waals surface area contributed by atoms with Crippen molar-refractivity contribution in [2.75, 3.05) is 0 Å². The molecule has 98 valence electrons. The van der Waals surface area contributed by atoms with E-state index in [-0.39, 0.29) is 0 Å². The van der Waals surface area contributed by atoms with Crippen molar-refractivity contribution in [2.45, 2.75) is 0 Å². The molecule has 3 aromatic carbocycles. The zero-order chi connectivity index (χ0) is 13.8. The number of benzene rings is 3. The highest BCUT2D eigenvalue weighted by molar-refractivity contribution is 6.19. The van der Waals surface area contributed by atoms with Crippen LogP contribution < -0.4 is 0 Å². The minimum atomic E-state index is 1.27. The van der Waals surface area contributed by atoms with E-state index >= 15 is 0 Å². The molecule has 0 radical (unpaired) electrons. The molecule has 1 heteroatoms. The van der Waals surface area contributed by atoms with Gasteiger partial charge in [-0.1, -0.05) is 48.5 Å². The fourth-order valence-corrected chi connectivity index (χ4v) is 3.42. The van der Waals surface area contributed by atoms with Crippen LogP contribution in [-0.2, 0) is 0 Å². The molecule has 0 aliphatic heterocycles. The van der Waals surface area contributed by atoms with Crippen LogP contribution in [0.2, 0.25) is 0 Å². The van der Waals surface area contributed by atoms with E-state index in [1.165, 1.54) is 37.8 Å². The van der Waals surface area contributed by atoms with Gasteiger partial charge in [-0.05, 0) is 45.1 Å². The molecule has 0 amide bonds. The van der Waals surface area contributed by atoms with Crippen molar-refractivity contribution >= 4 is 37.8 Å². The maximum absolute atomic E-state index is 2.26. The van der Waals surface area contributed by atoms with E-state index in [0.29, 0.717) is 0 Å². The molecule has 2 heterocycles. The quantitative estimate of drug-likeness (QED) is 0.331. The standard InChI is InChI=1S/C20H13N/c1-2-5-15-14(4-1)7-8-17-16(15)9-10-19-18(17)11-13-21-12-3-6-20(19)21/h1-13H. The molecule has 1 nitrogen and oxygen atoms in total. The van der Waals surface area contributed by atoms with Gasteiger partial charge in [0.15, 0.2) is 0 Å². The van der Waals surface area contributed by atoms with E-state index in [0.717, 1.165) is 0 Å². The van der Waals surface area contributed by atoms with Crippen LogP contribution in [0.25, 0.3) is 37.8 Å². The van der Waals surface area contributed by atoms with E-state index in [1.807, 2.05) is 0 Å². The molecule has 0 fully saturated rings. The monoisotopic (exact) mass is 267 g/mol. The summed E-state index contributed by atoms with van der Waals surface area (Å²) < 4.78 is 2.18. The third kappa shape index (κ3) is 1.40. The van der Waals surface area contributed by atoms with Crippen molar-refractivity contribution in [1.29, 1.82) is 0 Å². The first kappa shape index (κ1) is 10.9. The van der Waals surface area contributed by atoms with Gasteiger partial charge in [0.25, 0.3) is 0 Å². The molecule has 0 N–H and O–H groups in total. The number of hydrogen-bond acceptors (Lipinski definition) is 0. The van der Waals surface area contributed by atoms with Crippen LogP contribution in [0.4, 0.5) is 0 Å². The van der Waals surface area contributed by atoms with Crippen molar-refractivity contribution in [2.24, 2.45) is 0 Å². The smallest absolute Gasteiger partial charge is 0.0528 e. The lowest BCUT2D eigenvalue weighted by atomic mass is 9.97. The van der Waals surface area contributed by atoms with Crippen LogP contribution in [-0.4, -0.2) is 4.40 Å². The fraction of sp³-hybridized carbons (Fsp3) is 0. The molecule has 0 unspecified atom stereocenters. The lowest BCUT2D eigenvalue weighted by Gasteiger charge is -2.09. The zero-order valence-electron chi connectivity index (χ0n) is 11.5. The summed E-state index contributed by atoms with van der Waals surface area (Å²) in [5.74, 6) is 0. The Morgan fingerprint density at radius 3 is 2.24 bits per heavy atom. The Bertz CT molecular complexity index is 1130. The Morgan fingerprint density at radius 2 is 1.24 bits per heavy atom. The van der Waals surface area contributed by atoms with Crippen LogP contribution in [0.5, 0.6) is 0 Å². The highest BCUT2D eigenvalue weighted by atomic mass is 14.8. The summed E-state index contributed by atoms with van der Waals surface area (Å²) in [5, 5.41) is 7.92. The number of pyridine rings is 1. The molecule has 0 spiro atoms. The van der Waals surface area contributed by atoms with Crippen LogP contribution in [0, 0.1) is 0 Å². The van der Waals surface area contributed by atoms with E-state index in [2.05, 4.69) is 83.5 Å². The first-order chi connectivity index (χ1) is 10.4. The molecule has 0 atom stereocenters. The zero-order valence-corrected chi connectivity index (χ0v) is 11.5. The first-order valence-electron chi connectivity index (χ1n) is 7.22. The molecule has 0 saturated heterocycles. The molecular weight excluding hydrogens is 254 g/mol. The molecule has 0 aliphatic carbocycles. The Hall–Kier alpha value is -2.80. The van der Waals surface area contributed by atoms with Gasteiger partial charge in [-0.2, -0.15) is 0 Å². The molecule has 21 heavy (non-hydrogen) atoms. The lowest BCUT2D eigenvalue weighted by molar-refractivity contribution is 1.22. The largest absolute Gasteiger partial charge is 0.323 e. The van der Waals surface area contributed by atoms with Gasteiger partial charge in [-0.3, -0.25) is 0 Å². The minimum absolute atomic E-state index is 1.27. The van der Waals surface area contributed by atoms with Gasteiger partial charge >= 0.3 is 0 Å². The van der Waals surface area contributed by atoms with Gasteiger partial charge in [-0.25, -0.2) is 0 Å². The SMILES string of the molecule is c1ccc2c(c1)ccc1c2ccc2c1ccn1cccc21. The van der Waals surface area contributed by atoms with Crippen LogP contribution in [0.1, 0.15) is 0 Å². The van der Waals surface area contributed by atoms with Crippen molar-refractivity contribution in [3.63, 3.8) is 0 Å². The van der Waals surface area contributed by atoms with E-state index in [9.17, 15) is 0 Å². The van der Waals surface area contributed by atoms with Gasteiger partial charge in [0.1, 0.15) is 0 Å². The lowest BCUT2D eigenvalue weighted by Crippen LogP contribution is -1.85. The molecule has 5 rings (SSSR count). The third-order valence-corrected chi connectivity index (χ3v) is 4.42. The van der Waals surface area contributed by atoms with Crippen molar-refractivity contribution < 1.29 is 0 Å². The Kier molecular flexibility index (Phi) is 2.01. The predicted molar refractivity (Wildman–Crippen MR) is 89.9 cm³/mol. The van der Waals surface area contributed by atoms with E-state index in [4.69, 9.17) is 0 Å². The average molecular weight is 267 g/mol. The van der Waals surface area contributed by atoms with Gasteiger partial charge < -0.3 is 4.40 Å². The summed E-state index contributed by atoms with van der Waals surface area (Å²) in [6.07, 6.45) is 4.24. The Morgan fingerprint density at radius 1 is 0.476 bits per heavy atom. The Labute approximate surface area is 122 Å². The third-order valence-electron chi connectivity index (χ3n) is 4.42. The normalized spacial score (nSPS) is 11.8. The second kappa shape index (κ2) is 3.86. The highest BCUT2D eigenvalue weighted by Crippen LogP contribution is 2.32. The van der Waals surface area contributed by atoms with Gasteiger partial charge in [0.2, 0.25) is 0 Å². The number of aromatic nitrogens is 1. The average Bonchev–Trinajstić information content (AvgIpc) is 3.03. The van der Waals surface area contributed by atoms with Crippen molar-refractivity contribution in [3.05, 3.63) is 79.1 Å².